The van der Waals surface area contributed by atoms with E-state index in [4.69, 9.17) is 11.5 Å². The Kier molecular flexibility index (Phi) is 6.17. The van der Waals surface area contributed by atoms with Crippen molar-refractivity contribution in [3.8, 4) is 0 Å². The fraction of sp³-hybridized carbons (Fsp3) is 0.467. The normalized spacial score (nSPS) is 11.0. The highest BCUT2D eigenvalue weighted by molar-refractivity contribution is 5.94. The summed E-state index contributed by atoms with van der Waals surface area (Å²) in [6, 6.07) is 6.44. The molecule has 6 nitrogen and oxygen atoms in total. The zero-order valence-electron chi connectivity index (χ0n) is 12.6. The Balaban J connectivity index is 2.73. The first-order chi connectivity index (χ1) is 9.96. The molecule has 0 heterocycles. The quantitative estimate of drug-likeness (QED) is 0.604. The number of benzene rings is 1. The second-order valence-electron chi connectivity index (χ2n) is 5.06. The summed E-state index contributed by atoms with van der Waals surface area (Å²) in [7, 11) is 0. The minimum absolute atomic E-state index is 0.140. The first-order valence-electron chi connectivity index (χ1n) is 7.11. The van der Waals surface area contributed by atoms with Gasteiger partial charge in [-0.2, -0.15) is 0 Å². The van der Waals surface area contributed by atoms with Crippen molar-refractivity contribution in [2.75, 3.05) is 6.54 Å². The highest BCUT2D eigenvalue weighted by atomic mass is 16.2. The van der Waals surface area contributed by atoms with E-state index in [2.05, 4.69) is 10.6 Å². The summed E-state index contributed by atoms with van der Waals surface area (Å²) < 4.78 is 0. The lowest BCUT2D eigenvalue weighted by Gasteiger charge is -2.31. The topological polar surface area (TPSA) is 110 Å². The standard InChI is InChI=1S/C15H24N4O2/c1-3-15(4-2,10-16)19-13(20)12-7-5-11(6-8-12)9-18-14(17)21/h5-8H,3-4,9-10,16H2,1-2H3,(H,19,20)(H3,17,18,21). The molecule has 0 fully saturated rings. The van der Waals surface area contributed by atoms with Crippen LogP contribution in [0.1, 0.15) is 42.6 Å². The van der Waals surface area contributed by atoms with Crippen LogP contribution in [0.4, 0.5) is 4.79 Å². The number of urea groups is 1. The fourth-order valence-corrected chi connectivity index (χ4v) is 2.04. The lowest BCUT2D eigenvalue weighted by atomic mass is 9.92. The van der Waals surface area contributed by atoms with Gasteiger partial charge in [0.25, 0.3) is 5.91 Å². The van der Waals surface area contributed by atoms with E-state index in [1.54, 1.807) is 24.3 Å². The molecule has 0 unspecified atom stereocenters. The molecule has 0 atom stereocenters. The monoisotopic (exact) mass is 292 g/mol. The molecule has 0 aliphatic rings. The Labute approximate surface area is 125 Å². The zero-order valence-corrected chi connectivity index (χ0v) is 12.6. The van der Waals surface area contributed by atoms with Crippen molar-refractivity contribution < 1.29 is 9.59 Å². The smallest absolute Gasteiger partial charge is 0.312 e. The van der Waals surface area contributed by atoms with Gasteiger partial charge in [-0.3, -0.25) is 4.79 Å². The van der Waals surface area contributed by atoms with Crippen LogP contribution in [0.15, 0.2) is 24.3 Å². The number of nitrogens with one attached hydrogen (secondary N) is 2. The second kappa shape index (κ2) is 7.64. The Morgan fingerprint density at radius 1 is 1.14 bits per heavy atom. The Bertz CT molecular complexity index is 473. The summed E-state index contributed by atoms with van der Waals surface area (Å²) in [5.41, 5.74) is 11.9. The van der Waals surface area contributed by atoms with E-state index < -0.39 is 6.03 Å². The van der Waals surface area contributed by atoms with Crippen LogP contribution in [0.5, 0.6) is 0 Å². The zero-order chi connectivity index (χ0) is 15.9. The van der Waals surface area contributed by atoms with Crippen molar-refractivity contribution in [2.45, 2.75) is 38.8 Å². The van der Waals surface area contributed by atoms with Crippen LogP contribution < -0.4 is 22.1 Å². The molecule has 0 radical (unpaired) electrons. The molecule has 0 saturated heterocycles. The number of hydrogen-bond donors (Lipinski definition) is 4. The Morgan fingerprint density at radius 3 is 2.14 bits per heavy atom. The molecule has 0 bridgehead atoms. The summed E-state index contributed by atoms with van der Waals surface area (Å²) in [5.74, 6) is -0.140. The number of hydrogen-bond acceptors (Lipinski definition) is 3. The van der Waals surface area contributed by atoms with Gasteiger partial charge in [0.1, 0.15) is 0 Å². The second-order valence-corrected chi connectivity index (χ2v) is 5.06. The van der Waals surface area contributed by atoms with Crippen LogP contribution in [0.2, 0.25) is 0 Å². The van der Waals surface area contributed by atoms with Gasteiger partial charge in [0.05, 0.1) is 5.54 Å². The van der Waals surface area contributed by atoms with E-state index in [9.17, 15) is 9.59 Å². The SMILES string of the molecule is CCC(CC)(CN)NC(=O)c1ccc(CNC(N)=O)cc1. The van der Waals surface area contributed by atoms with Crippen molar-refractivity contribution >= 4 is 11.9 Å². The maximum absolute atomic E-state index is 12.3. The number of rotatable bonds is 7. The maximum Gasteiger partial charge on any atom is 0.312 e. The first-order valence-corrected chi connectivity index (χ1v) is 7.11. The minimum Gasteiger partial charge on any atom is -0.352 e. The number of nitrogens with two attached hydrogens (primary N) is 2. The van der Waals surface area contributed by atoms with Gasteiger partial charge in [0.15, 0.2) is 0 Å². The molecule has 3 amide bonds. The summed E-state index contributed by atoms with van der Waals surface area (Å²) in [6.45, 7) is 4.77. The molecule has 1 aromatic carbocycles. The fourth-order valence-electron chi connectivity index (χ4n) is 2.04. The molecule has 0 aliphatic heterocycles. The van der Waals surface area contributed by atoms with Crippen molar-refractivity contribution in [1.82, 2.24) is 10.6 Å². The van der Waals surface area contributed by atoms with E-state index in [1.807, 2.05) is 13.8 Å². The molecule has 6 heteroatoms. The van der Waals surface area contributed by atoms with Gasteiger partial charge < -0.3 is 22.1 Å². The van der Waals surface area contributed by atoms with E-state index >= 15 is 0 Å². The molecular formula is C15H24N4O2. The van der Waals surface area contributed by atoms with Gasteiger partial charge in [0, 0.05) is 18.7 Å². The van der Waals surface area contributed by atoms with Crippen LogP contribution in [0.3, 0.4) is 0 Å². The molecular weight excluding hydrogens is 268 g/mol. The van der Waals surface area contributed by atoms with Crippen molar-refractivity contribution in [2.24, 2.45) is 11.5 Å². The largest absolute Gasteiger partial charge is 0.352 e. The molecule has 0 saturated carbocycles. The summed E-state index contributed by atoms with van der Waals surface area (Å²) in [4.78, 5) is 22.9. The number of primary amides is 1. The van der Waals surface area contributed by atoms with Crippen molar-refractivity contribution in [3.05, 3.63) is 35.4 Å². The summed E-state index contributed by atoms with van der Waals surface area (Å²) in [6.07, 6.45) is 1.57. The third kappa shape index (κ3) is 4.75. The van der Waals surface area contributed by atoms with E-state index in [1.165, 1.54) is 0 Å². The van der Waals surface area contributed by atoms with E-state index in [0.717, 1.165) is 18.4 Å². The number of carbonyl (C=O) groups excluding carboxylic acids is 2. The van der Waals surface area contributed by atoms with Crippen molar-refractivity contribution in [3.63, 3.8) is 0 Å². The molecule has 1 rings (SSSR count). The van der Waals surface area contributed by atoms with E-state index in [0.29, 0.717) is 18.7 Å². The Morgan fingerprint density at radius 2 is 1.71 bits per heavy atom. The van der Waals surface area contributed by atoms with E-state index in [-0.39, 0.29) is 11.4 Å². The van der Waals surface area contributed by atoms with Crippen LogP contribution in [0, 0.1) is 0 Å². The van der Waals surface area contributed by atoms with Gasteiger partial charge >= 0.3 is 6.03 Å². The van der Waals surface area contributed by atoms with Gasteiger partial charge in [-0.1, -0.05) is 26.0 Å². The molecule has 116 valence electrons. The average Bonchev–Trinajstić information content (AvgIpc) is 2.51. The first kappa shape index (κ1) is 17.0. The van der Waals surface area contributed by atoms with Crippen LogP contribution in [-0.2, 0) is 6.54 Å². The predicted molar refractivity (Wildman–Crippen MR) is 82.7 cm³/mol. The third-order valence-electron chi connectivity index (χ3n) is 3.81. The van der Waals surface area contributed by atoms with Gasteiger partial charge in [-0.25, -0.2) is 4.79 Å². The van der Waals surface area contributed by atoms with Gasteiger partial charge in [-0.05, 0) is 30.5 Å². The Hall–Kier alpha value is -2.08. The minimum atomic E-state index is -0.574. The van der Waals surface area contributed by atoms with Crippen LogP contribution in [0.25, 0.3) is 0 Å². The molecule has 6 N–H and O–H groups in total. The molecule has 1 aromatic rings. The lowest BCUT2D eigenvalue weighted by Crippen LogP contribution is -2.52. The van der Waals surface area contributed by atoms with Gasteiger partial charge in [-0.15, -0.1) is 0 Å². The molecule has 0 aromatic heterocycles. The number of amides is 3. The molecule has 0 aliphatic carbocycles. The number of carbonyl (C=O) groups is 2. The lowest BCUT2D eigenvalue weighted by molar-refractivity contribution is 0.0895. The molecule has 21 heavy (non-hydrogen) atoms. The molecule has 0 spiro atoms. The van der Waals surface area contributed by atoms with Gasteiger partial charge in [0.2, 0.25) is 0 Å². The predicted octanol–water partition coefficient (Wildman–Crippen LogP) is 1.10. The van der Waals surface area contributed by atoms with Crippen LogP contribution >= 0.6 is 0 Å². The summed E-state index contributed by atoms with van der Waals surface area (Å²) in [5, 5.41) is 5.51. The maximum atomic E-state index is 12.3. The highest BCUT2D eigenvalue weighted by Crippen LogP contribution is 2.15. The summed E-state index contributed by atoms with van der Waals surface area (Å²) >= 11 is 0. The average molecular weight is 292 g/mol. The van der Waals surface area contributed by atoms with Crippen molar-refractivity contribution in [1.29, 1.82) is 0 Å². The van der Waals surface area contributed by atoms with Crippen LogP contribution in [-0.4, -0.2) is 24.0 Å². The highest BCUT2D eigenvalue weighted by Gasteiger charge is 2.26. The third-order valence-corrected chi connectivity index (χ3v) is 3.81.